The third-order valence-electron chi connectivity index (χ3n) is 4.27. The molecule has 2 N–H and O–H groups in total. The number of nitrogens with one attached hydrogen (secondary N) is 2. The van der Waals surface area contributed by atoms with Crippen molar-refractivity contribution in [3.05, 3.63) is 99.6 Å². The highest BCUT2D eigenvalue weighted by atomic mass is 35.5. The van der Waals surface area contributed by atoms with Crippen LogP contribution in [0.15, 0.2) is 78.9 Å². The predicted octanol–water partition coefficient (Wildman–Crippen LogP) is 5.31. The number of rotatable bonds is 6. The van der Waals surface area contributed by atoms with Crippen molar-refractivity contribution in [3.8, 4) is 0 Å². The Balaban J connectivity index is 1.86. The summed E-state index contributed by atoms with van der Waals surface area (Å²) >= 11 is 10.1. The summed E-state index contributed by atoms with van der Waals surface area (Å²) < 4.78 is 0.886. The molecule has 3 rings (SSSR count). The first-order valence-corrected chi connectivity index (χ1v) is 9.78. The van der Waals surface area contributed by atoms with E-state index >= 15 is 0 Å². The largest absolute Gasteiger partial charge is 0.332 e. The fourth-order valence-corrected chi connectivity index (χ4v) is 3.23. The van der Waals surface area contributed by atoms with Crippen LogP contribution in [0.4, 0.5) is 21.9 Å². The fourth-order valence-electron chi connectivity index (χ4n) is 2.81. The maximum atomic E-state index is 13.0. The highest BCUT2D eigenvalue weighted by Gasteiger charge is 2.30. The van der Waals surface area contributed by atoms with Gasteiger partial charge in [-0.05, 0) is 35.9 Å². The first kappa shape index (κ1) is 22.1. The van der Waals surface area contributed by atoms with Gasteiger partial charge in [-0.2, -0.15) is 0 Å². The summed E-state index contributed by atoms with van der Waals surface area (Å²) in [4.78, 5) is 36.5. The number of hydrogen-bond donors (Lipinski definition) is 3. The van der Waals surface area contributed by atoms with Crippen LogP contribution in [0.3, 0.4) is 0 Å². The number of nitrogens with zero attached hydrogens (tertiary/aromatic N) is 2. The Kier molecular flexibility index (Phi) is 7.11. The lowest BCUT2D eigenvalue weighted by molar-refractivity contribution is -0.383. The third kappa shape index (κ3) is 5.53. The van der Waals surface area contributed by atoms with E-state index in [1.807, 2.05) is 0 Å². The van der Waals surface area contributed by atoms with E-state index in [0.717, 1.165) is 4.31 Å². The number of carbonyl (C=O) groups is 2. The van der Waals surface area contributed by atoms with E-state index in [1.165, 1.54) is 18.2 Å². The summed E-state index contributed by atoms with van der Waals surface area (Å²) in [7, 11) is 0. The van der Waals surface area contributed by atoms with Gasteiger partial charge in [-0.15, -0.1) is 0 Å². The van der Waals surface area contributed by atoms with Crippen LogP contribution in [0.5, 0.6) is 0 Å². The summed E-state index contributed by atoms with van der Waals surface area (Å²) in [5, 5.41) is 16.9. The molecule has 1 unspecified atom stereocenters. The summed E-state index contributed by atoms with van der Waals surface area (Å²) in [6.45, 7) is 0. The minimum Gasteiger partial charge on any atom is -0.324 e. The van der Waals surface area contributed by atoms with Gasteiger partial charge in [0.05, 0.1) is 4.92 Å². The molecule has 0 bridgehead atoms. The average Bonchev–Trinajstić information content (AvgIpc) is 2.76. The smallest absolute Gasteiger partial charge is 0.324 e. The summed E-state index contributed by atoms with van der Waals surface area (Å²) in [6.07, 6.45) is 0. The number of carbonyl (C=O) groups excluding carboxylic acids is 2. The molecule has 0 saturated carbocycles. The molecule has 0 heterocycles. The molecule has 0 saturated heterocycles. The zero-order valence-corrected chi connectivity index (χ0v) is 17.6. The minimum atomic E-state index is -1.12. The van der Waals surface area contributed by atoms with Crippen molar-refractivity contribution in [2.75, 3.05) is 10.6 Å². The molecular formula is C21H17ClN4O4S. The van der Waals surface area contributed by atoms with E-state index in [0.29, 0.717) is 16.3 Å². The van der Waals surface area contributed by atoms with E-state index in [2.05, 4.69) is 23.4 Å². The van der Waals surface area contributed by atoms with Gasteiger partial charge in [0.25, 0.3) is 11.6 Å². The van der Waals surface area contributed by atoms with Gasteiger partial charge >= 0.3 is 6.03 Å². The van der Waals surface area contributed by atoms with E-state index in [4.69, 9.17) is 11.6 Å². The van der Waals surface area contributed by atoms with Gasteiger partial charge in [0.1, 0.15) is 11.7 Å². The Bertz CT molecular complexity index is 1100. The normalized spacial score (nSPS) is 11.3. The second kappa shape index (κ2) is 9.96. The molecule has 0 aliphatic rings. The molecular weight excluding hydrogens is 440 g/mol. The molecule has 3 aromatic carbocycles. The Morgan fingerprint density at radius 1 is 0.935 bits per heavy atom. The van der Waals surface area contributed by atoms with E-state index in [-0.39, 0.29) is 11.4 Å². The molecule has 0 spiro atoms. The molecule has 0 aliphatic carbocycles. The number of thiol groups is 1. The van der Waals surface area contributed by atoms with Crippen LogP contribution < -0.4 is 10.6 Å². The van der Waals surface area contributed by atoms with Crippen molar-refractivity contribution < 1.29 is 14.5 Å². The standard InChI is InChI=1S/C21H17ClN4O4S/c22-15-10-12-16(13-11-15)23-20(27)19(14-6-2-1-3-7-14)25(31)21(28)24-17-8-4-5-9-18(17)26(29)30/h1-13,19,31H,(H,23,27)(H,24,28). The second-order valence-electron chi connectivity index (χ2n) is 6.36. The third-order valence-corrected chi connectivity index (χ3v) is 4.93. The Labute approximate surface area is 188 Å². The fraction of sp³-hybridized carbons (Fsp3) is 0.0476. The molecule has 3 aromatic rings. The van der Waals surface area contributed by atoms with Crippen molar-refractivity contribution in [2.45, 2.75) is 6.04 Å². The number of anilines is 2. The van der Waals surface area contributed by atoms with Gasteiger partial charge in [0, 0.05) is 16.8 Å². The molecule has 0 fully saturated rings. The van der Waals surface area contributed by atoms with Gasteiger partial charge in [0.15, 0.2) is 0 Å². The van der Waals surface area contributed by atoms with Crippen molar-refractivity contribution in [1.29, 1.82) is 0 Å². The summed E-state index contributed by atoms with van der Waals surface area (Å²) in [5.41, 5.74) is 0.693. The molecule has 0 aromatic heterocycles. The van der Waals surface area contributed by atoms with Crippen LogP contribution in [0.25, 0.3) is 0 Å². The topological polar surface area (TPSA) is 105 Å². The summed E-state index contributed by atoms with van der Waals surface area (Å²) in [5.74, 6) is -0.527. The molecule has 31 heavy (non-hydrogen) atoms. The van der Waals surface area contributed by atoms with E-state index in [1.54, 1.807) is 60.7 Å². The molecule has 10 heteroatoms. The lowest BCUT2D eigenvalue weighted by Gasteiger charge is -2.26. The van der Waals surface area contributed by atoms with Gasteiger partial charge in [0.2, 0.25) is 0 Å². The summed E-state index contributed by atoms with van der Waals surface area (Å²) in [6, 6.07) is 18.8. The van der Waals surface area contributed by atoms with E-state index < -0.39 is 22.9 Å². The zero-order valence-electron chi connectivity index (χ0n) is 15.9. The Morgan fingerprint density at radius 2 is 1.55 bits per heavy atom. The lowest BCUT2D eigenvalue weighted by Crippen LogP contribution is -2.38. The minimum absolute atomic E-state index is 0.0125. The van der Waals surface area contributed by atoms with Gasteiger partial charge in [-0.1, -0.05) is 66.9 Å². The molecule has 8 nitrogen and oxygen atoms in total. The van der Waals surface area contributed by atoms with Crippen LogP contribution >= 0.6 is 24.4 Å². The van der Waals surface area contributed by atoms with Gasteiger partial charge < -0.3 is 10.6 Å². The first-order valence-electron chi connectivity index (χ1n) is 9.00. The number of nitro benzene ring substituents is 1. The number of para-hydroxylation sites is 2. The maximum Gasteiger partial charge on any atom is 0.332 e. The maximum absolute atomic E-state index is 13.0. The molecule has 0 aliphatic heterocycles. The van der Waals surface area contributed by atoms with E-state index in [9.17, 15) is 19.7 Å². The lowest BCUT2D eigenvalue weighted by atomic mass is 10.1. The number of amides is 3. The van der Waals surface area contributed by atoms with Crippen LogP contribution in [-0.2, 0) is 4.79 Å². The number of hydrogen-bond acceptors (Lipinski definition) is 5. The van der Waals surface area contributed by atoms with Crippen LogP contribution in [0.1, 0.15) is 11.6 Å². The van der Waals surface area contributed by atoms with Crippen molar-refractivity contribution in [1.82, 2.24) is 4.31 Å². The van der Waals surface area contributed by atoms with Gasteiger partial charge in [-0.3, -0.25) is 19.2 Å². The predicted molar refractivity (Wildman–Crippen MR) is 122 cm³/mol. The quantitative estimate of drug-likeness (QED) is 0.265. The number of halogens is 1. The number of nitro groups is 1. The Morgan fingerprint density at radius 3 is 2.19 bits per heavy atom. The SMILES string of the molecule is O=C(Nc1ccc(Cl)cc1)C(c1ccccc1)N(S)C(=O)Nc1ccccc1[N+](=O)[O-]. The van der Waals surface area contributed by atoms with Crippen LogP contribution in [-0.4, -0.2) is 21.2 Å². The average molecular weight is 457 g/mol. The van der Waals surface area contributed by atoms with Gasteiger partial charge in [-0.25, -0.2) is 4.79 Å². The number of benzene rings is 3. The molecule has 158 valence electrons. The highest BCUT2D eigenvalue weighted by molar-refractivity contribution is 7.78. The monoisotopic (exact) mass is 456 g/mol. The molecule has 3 amide bonds. The van der Waals surface area contributed by atoms with Crippen molar-refractivity contribution >= 4 is 53.4 Å². The second-order valence-corrected chi connectivity index (χ2v) is 7.23. The first-order chi connectivity index (χ1) is 14.9. The van der Waals surface area contributed by atoms with Crippen molar-refractivity contribution in [2.24, 2.45) is 0 Å². The highest BCUT2D eigenvalue weighted by Crippen LogP contribution is 2.28. The molecule has 0 radical (unpaired) electrons. The number of urea groups is 1. The zero-order chi connectivity index (χ0) is 22.4. The molecule has 1 atom stereocenters. The van der Waals surface area contributed by atoms with Crippen molar-refractivity contribution in [3.63, 3.8) is 0 Å². The van der Waals surface area contributed by atoms with Crippen LogP contribution in [0, 0.1) is 10.1 Å². The van der Waals surface area contributed by atoms with Crippen LogP contribution in [0.2, 0.25) is 5.02 Å². The Hall–Kier alpha value is -3.56.